The van der Waals surface area contributed by atoms with Gasteiger partial charge in [-0.3, -0.25) is 14.3 Å². The second kappa shape index (κ2) is 7.99. The van der Waals surface area contributed by atoms with Gasteiger partial charge in [0, 0.05) is 16.6 Å². The van der Waals surface area contributed by atoms with Crippen LogP contribution in [0.2, 0.25) is 0 Å². The van der Waals surface area contributed by atoms with Gasteiger partial charge in [0.25, 0.3) is 11.5 Å². The van der Waals surface area contributed by atoms with Crippen LogP contribution in [-0.2, 0) is 12.0 Å². The van der Waals surface area contributed by atoms with Crippen molar-refractivity contribution in [1.29, 1.82) is 0 Å². The number of hydrogen-bond acceptors (Lipinski definition) is 4. The summed E-state index contributed by atoms with van der Waals surface area (Å²) in [6, 6.07) is 16.2. The first-order valence-corrected chi connectivity index (χ1v) is 11.3. The third kappa shape index (κ3) is 3.73. The van der Waals surface area contributed by atoms with Crippen molar-refractivity contribution in [3.05, 3.63) is 88.1 Å². The maximum absolute atomic E-state index is 13.5. The Balaban J connectivity index is 1.56. The zero-order valence-electron chi connectivity index (χ0n) is 19.1. The number of carbonyl (C=O) groups excluding carboxylic acids is 1. The third-order valence-electron chi connectivity index (χ3n) is 6.14. The molecule has 0 aliphatic heterocycles. The minimum absolute atomic E-state index is 0.123. The van der Waals surface area contributed by atoms with Gasteiger partial charge in [-0.05, 0) is 58.2 Å². The summed E-state index contributed by atoms with van der Waals surface area (Å²) in [7, 11) is 0. The molecule has 0 spiro atoms. The highest BCUT2D eigenvalue weighted by Crippen LogP contribution is 2.32. The van der Waals surface area contributed by atoms with Crippen molar-refractivity contribution >= 4 is 16.7 Å². The lowest BCUT2D eigenvalue weighted by molar-refractivity contribution is 0.0927. The fourth-order valence-corrected chi connectivity index (χ4v) is 4.61. The summed E-state index contributed by atoms with van der Waals surface area (Å²) in [6.07, 6.45) is 4.63. The van der Waals surface area contributed by atoms with Gasteiger partial charge in [-0.1, -0.05) is 36.4 Å². The molecule has 0 saturated heterocycles. The van der Waals surface area contributed by atoms with E-state index in [1.54, 1.807) is 30.3 Å². The molecule has 1 amide bonds. The Bertz CT molecular complexity index is 1400. The van der Waals surface area contributed by atoms with Crippen molar-refractivity contribution in [2.45, 2.75) is 51.6 Å². The summed E-state index contributed by atoms with van der Waals surface area (Å²) >= 11 is 0. The molecule has 0 bridgehead atoms. The molecule has 0 fully saturated rings. The Morgan fingerprint density at radius 2 is 1.73 bits per heavy atom. The van der Waals surface area contributed by atoms with E-state index in [0.29, 0.717) is 16.5 Å². The van der Waals surface area contributed by atoms with E-state index in [4.69, 9.17) is 0 Å². The van der Waals surface area contributed by atoms with Crippen LogP contribution in [0.15, 0.2) is 65.6 Å². The number of para-hydroxylation sites is 1. The van der Waals surface area contributed by atoms with Gasteiger partial charge < -0.3 is 5.32 Å². The van der Waals surface area contributed by atoms with Crippen LogP contribution in [0, 0.1) is 0 Å². The first-order valence-electron chi connectivity index (χ1n) is 11.3. The normalized spacial score (nSPS) is 15.9. The van der Waals surface area contributed by atoms with Crippen LogP contribution < -0.4 is 10.9 Å². The van der Waals surface area contributed by atoms with Crippen LogP contribution in [0.25, 0.3) is 16.5 Å². The molecule has 0 unspecified atom stereocenters. The van der Waals surface area contributed by atoms with Gasteiger partial charge in [-0.2, -0.15) is 14.9 Å². The number of carbonyl (C=O) groups is 1. The average Bonchev–Trinajstić information content (AvgIpc) is 3.26. The van der Waals surface area contributed by atoms with Gasteiger partial charge in [-0.15, -0.1) is 0 Å². The number of hydrogen-bond donors (Lipinski definition) is 1. The molecule has 168 valence electrons. The molecule has 0 radical (unpaired) electrons. The predicted molar refractivity (Wildman–Crippen MR) is 128 cm³/mol. The summed E-state index contributed by atoms with van der Waals surface area (Å²) in [5, 5.41) is 13.3. The summed E-state index contributed by atoms with van der Waals surface area (Å²) in [5.74, 6) is -0.294. The monoisotopic (exact) mass is 441 g/mol. The highest BCUT2D eigenvalue weighted by molar-refractivity contribution is 6.05. The summed E-state index contributed by atoms with van der Waals surface area (Å²) in [6.45, 7) is 6.39. The number of benzene rings is 2. The molecule has 0 saturated carbocycles. The van der Waals surface area contributed by atoms with Crippen molar-refractivity contribution in [2.75, 3.05) is 0 Å². The number of amides is 1. The van der Waals surface area contributed by atoms with Crippen molar-refractivity contribution < 1.29 is 4.79 Å². The van der Waals surface area contributed by atoms with Gasteiger partial charge in [0.2, 0.25) is 0 Å². The zero-order valence-corrected chi connectivity index (χ0v) is 19.1. The fraction of sp³-hybridized carbons (Fsp3) is 0.308. The molecule has 5 rings (SSSR count). The molecule has 1 aliphatic carbocycles. The predicted octanol–water partition coefficient (Wildman–Crippen LogP) is 4.14. The van der Waals surface area contributed by atoms with E-state index in [-0.39, 0.29) is 28.7 Å². The molecular weight excluding hydrogens is 414 g/mol. The van der Waals surface area contributed by atoms with Gasteiger partial charge in [-0.25, -0.2) is 0 Å². The first kappa shape index (κ1) is 21.1. The number of rotatable bonds is 3. The molecule has 1 aliphatic rings. The standard InChI is InChI=1S/C26H27N5O2/c1-26(2,3)31-22-15-9-14-21(20(22)16-27-31)28-24(32)23-18-12-7-8-13-19(18)25(33)30(29-23)17-10-5-4-6-11-17/h4-8,10-13,16,21H,9,14-15H2,1-3H3,(H,28,32)/t21-/m0/s1. The van der Waals surface area contributed by atoms with Gasteiger partial charge in [0.1, 0.15) is 0 Å². The molecule has 2 aromatic carbocycles. The van der Waals surface area contributed by atoms with Gasteiger partial charge in [0.05, 0.1) is 28.9 Å². The summed E-state index contributed by atoms with van der Waals surface area (Å²) < 4.78 is 3.37. The molecule has 1 N–H and O–H groups in total. The van der Waals surface area contributed by atoms with Crippen molar-refractivity contribution in [3.63, 3.8) is 0 Å². The van der Waals surface area contributed by atoms with E-state index in [0.717, 1.165) is 24.8 Å². The fourth-order valence-electron chi connectivity index (χ4n) is 4.61. The number of nitrogens with zero attached hydrogens (tertiary/aromatic N) is 4. The van der Waals surface area contributed by atoms with Crippen LogP contribution in [-0.4, -0.2) is 25.5 Å². The maximum Gasteiger partial charge on any atom is 0.279 e. The van der Waals surface area contributed by atoms with Crippen molar-refractivity contribution in [2.24, 2.45) is 0 Å². The van der Waals surface area contributed by atoms with Crippen LogP contribution in [0.1, 0.15) is 61.4 Å². The molecule has 2 aromatic heterocycles. The minimum atomic E-state index is -0.294. The number of fused-ring (bicyclic) bond motifs is 2. The highest BCUT2D eigenvalue weighted by atomic mass is 16.2. The SMILES string of the molecule is CC(C)(C)n1ncc2c1CCC[C@@H]2NC(=O)c1nn(-c2ccccc2)c(=O)c2ccccc12. The first-order chi connectivity index (χ1) is 15.8. The molecule has 7 nitrogen and oxygen atoms in total. The van der Waals surface area contributed by atoms with E-state index in [1.165, 1.54) is 10.4 Å². The second-order valence-corrected chi connectivity index (χ2v) is 9.49. The van der Waals surface area contributed by atoms with Crippen LogP contribution in [0.3, 0.4) is 0 Å². The van der Waals surface area contributed by atoms with Crippen LogP contribution in [0.4, 0.5) is 0 Å². The molecule has 2 heterocycles. The highest BCUT2D eigenvalue weighted by Gasteiger charge is 2.30. The van der Waals surface area contributed by atoms with Crippen molar-refractivity contribution in [3.8, 4) is 5.69 Å². The second-order valence-electron chi connectivity index (χ2n) is 9.49. The van der Waals surface area contributed by atoms with E-state index >= 15 is 0 Å². The molecular formula is C26H27N5O2. The third-order valence-corrected chi connectivity index (χ3v) is 6.14. The molecule has 7 heteroatoms. The molecule has 4 aromatic rings. The number of nitrogens with one attached hydrogen (secondary N) is 1. The Morgan fingerprint density at radius 3 is 2.45 bits per heavy atom. The lowest BCUT2D eigenvalue weighted by Gasteiger charge is -2.28. The lowest BCUT2D eigenvalue weighted by atomic mass is 9.92. The van der Waals surface area contributed by atoms with E-state index in [9.17, 15) is 9.59 Å². The zero-order chi connectivity index (χ0) is 23.2. The van der Waals surface area contributed by atoms with Gasteiger partial charge >= 0.3 is 0 Å². The van der Waals surface area contributed by atoms with Crippen LogP contribution in [0.5, 0.6) is 0 Å². The Morgan fingerprint density at radius 1 is 1.03 bits per heavy atom. The molecule has 33 heavy (non-hydrogen) atoms. The maximum atomic E-state index is 13.5. The van der Waals surface area contributed by atoms with Crippen molar-refractivity contribution in [1.82, 2.24) is 24.9 Å². The average molecular weight is 442 g/mol. The topological polar surface area (TPSA) is 81.8 Å². The Labute approximate surface area is 192 Å². The lowest BCUT2D eigenvalue weighted by Crippen LogP contribution is -2.34. The van der Waals surface area contributed by atoms with Crippen LogP contribution >= 0.6 is 0 Å². The summed E-state index contributed by atoms with van der Waals surface area (Å²) in [5.41, 5.74) is 2.72. The van der Waals surface area contributed by atoms with E-state index in [2.05, 4.69) is 41.0 Å². The largest absolute Gasteiger partial charge is 0.344 e. The smallest absolute Gasteiger partial charge is 0.279 e. The molecule has 1 atom stereocenters. The quantitative estimate of drug-likeness (QED) is 0.518. The number of aromatic nitrogens is 4. The summed E-state index contributed by atoms with van der Waals surface area (Å²) in [4.78, 5) is 26.6. The minimum Gasteiger partial charge on any atom is -0.344 e. The van der Waals surface area contributed by atoms with E-state index < -0.39 is 0 Å². The van der Waals surface area contributed by atoms with Gasteiger partial charge in [0.15, 0.2) is 5.69 Å². The van der Waals surface area contributed by atoms with E-state index in [1.807, 2.05) is 30.5 Å². The Hall–Kier alpha value is -3.74. The Kier molecular flexibility index (Phi) is 5.12.